The summed E-state index contributed by atoms with van der Waals surface area (Å²) in [4.78, 5) is 14.3. The minimum atomic E-state index is -1.89. The molecule has 0 aliphatic carbocycles. The van der Waals surface area contributed by atoms with Crippen LogP contribution in [0.1, 0.15) is 40.2 Å². The monoisotopic (exact) mass is 421 g/mol. The van der Waals surface area contributed by atoms with Gasteiger partial charge in [0.2, 0.25) is 0 Å². The van der Waals surface area contributed by atoms with Crippen molar-refractivity contribution in [2.24, 2.45) is 11.8 Å². The molecule has 1 N–H and O–H groups in total. The summed E-state index contributed by atoms with van der Waals surface area (Å²) in [5.74, 6) is -0.426. The van der Waals surface area contributed by atoms with Crippen molar-refractivity contribution >= 4 is 31.4 Å². The number of aliphatic carboxylic acids is 1. The van der Waals surface area contributed by atoms with Crippen molar-refractivity contribution < 1.29 is 14.3 Å². The summed E-state index contributed by atoms with van der Waals surface area (Å²) >= 11 is 5.79. The second-order valence-corrected chi connectivity index (χ2v) is 14.8. The summed E-state index contributed by atoms with van der Waals surface area (Å²) in [6.07, 6.45) is 0.0805. The summed E-state index contributed by atoms with van der Waals surface area (Å²) in [6.45, 7) is 16.3. The topological polar surface area (TPSA) is 49.8 Å². The summed E-state index contributed by atoms with van der Waals surface area (Å²) < 4.78 is 6.65. The van der Waals surface area contributed by atoms with Crippen LogP contribution in [0.4, 0.5) is 0 Å². The second kappa shape index (κ2) is 8.74. The van der Waals surface area contributed by atoms with Crippen molar-refractivity contribution in [3.63, 3.8) is 0 Å². The predicted molar refractivity (Wildman–Crippen MR) is 122 cm³/mol. The first-order valence-electron chi connectivity index (χ1n) is 10.1. The number of thiocarbonyl (C=S) groups is 1. The van der Waals surface area contributed by atoms with Crippen LogP contribution in [-0.2, 0) is 9.22 Å². The van der Waals surface area contributed by atoms with Crippen molar-refractivity contribution in [1.29, 1.82) is 0 Å². The molecule has 0 saturated carbocycles. The van der Waals surface area contributed by atoms with Gasteiger partial charge in [-0.1, -0.05) is 70.2 Å². The molecular formula is C22H35NO3SSi. The highest BCUT2D eigenvalue weighted by Gasteiger charge is 2.49. The maximum absolute atomic E-state index is 11.3. The first kappa shape index (κ1) is 23.2. The van der Waals surface area contributed by atoms with E-state index in [1.54, 1.807) is 0 Å². The van der Waals surface area contributed by atoms with E-state index in [-0.39, 0.29) is 35.6 Å². The van der Waals surface area contributed by atoms with Crippen LogP contribution in [-0.4, -0.2) is 54.4 Å². The third-order valence-electron chi connectivity index (χ3n) is 6.52. The molecule has 4 nitrogen and oxygen atoms in total. The number of rotatable bonds is 8. The van der Waals surface area contributed by atoms with Gasteiger partial charge in [-0.2, -0.15) is 0 Å². The zero-order chi connectivity index (χ0) is 21.3. The van der Waals surface area contributed by atoms with E-state index >= 15 is 0 Å². The van der Waals surface area contributed by atoms with Crippen LogP contribution < -0.4 is 0 Å². The molecule has 156 valence electrons. The maximum Gasteiger partial charge on any atom is 0.317 e. The van der Waals surface area contributed by atoms with Crippen LogP contribution in [0.2, 0.25) is 18.1 Å². The Balaban J connectivity index is 2.20. The fourth-order valence-electron chi connectivity index (χ4n) is 3.84. The molecule has 0 aromatic heterocycles. The molecule has 1 aromatic rings. The average molecular weight is 422 g/mol. The molecule has 0 spiro atoms. The van der Waals surface area contributed by atoms with Gasteiger partial charge in [-0.3, -0.25) is 9.69 Å². The van der Waals surface area contributed by atoms with Gasteiger partial charge >= 0.3 is 5.97 Å². The quantitative estimate of drug-likeness (QED) is 0.370. The molecule has 2 rings (SSSR count). The maximum atomic E-state index is 11.3. The molecule has 1 heterocycles. The lowest BCUT2D eigenvalue weighted by Gasteiger charge is -2.54. The van der Waals surface area contributed by atoms with Crippen molar-refractivity contribution in [2.75, 3.05) is 13.1 Å². The van der Waals surface area contributed by atoms with Crippen molar-refractivity contribution in [3.8, 4) is 0 Å². The van der Waals surface area contributed by atoms with Crippen molar-refractivity contribution in [2.45, 2.75) is 64.9 Å². The molecule has 1 aliphatic heterocycles. The van der Waals surface area contributed by atoms with Crippen LogP contribution in [0.5, 0.6) is 0 Å². The highest BCUT2D eigenvalue weighted by atomic mass is 32.1. The molecule has 4 atom stereocenters. The lowest BCUT2D eigenvalue weighted by Crippen LogP contribution is -2.65. The van der Waals surface area contributed by atoms with E-state index in [1.807, 2.05) is 35.2 Å². The van der Waals surface area contributed by atoms with E-state index in [1.165, 1.54) is 0 Å². The average Bonchev–Trinajstić information content (AvgIpc) is 2.56. The third-order valence-corrected chi connectivity index (χ3v) is 11.7. The summed E-state index contributed by atoms with van der Waals surface area (Å²) in [5.41, 5.74) is 1.05. The molecule has 0 amide bonds. The molecule has 1 fully saturated rings. The minimum Gasteiger partial charge on any atom is -0.480 e. The number of benzene rings is 1. The van der Waals surface area contributed by atoms with E-state index in [0.717, 1.165) is 17.0 Å². The Kier molecular flexibility index (Phi) is 7.24. The standard InChI is InChI=1S/C22H35NO3SSi/c1-15(21(27)17-11-9-8-10-12-17)20-18(13-23(20)14-19(24)25)16(2)26-28(6,7)22(3,4)5/h8-12,15-16,18,20H,13-14H2,1-7H3,(H,24,25)/t15-,16+,18+,20+/m0/s1. The van der Waals surface area contributed by atoms with Crippen LogP contribution in [0, 0.1) is 11.8 Å². The zero-order valence-corrected chi connectivity index (χ0v) is 20.0. The van der Waals surface area contributed by atoms with Gasteiger partial charge in [-0.15, -0.1) is 0 Å². The van der Waals surface area contributed by atoms with Gasteiger partial charge in [-0.05, 0) is 30.6 Å². The molecule has 0 radical (unpaired) electrons. The number of carboxylic acids is 1. The Hall–Kier alpha value is -1.08. The van der Waals surface area contributed by atoms with Crippen LogP contribution in [0.25, 0.3) is 0 Å². The van der Waals surface area contributed by atoms with E-state index in [9.17, 15) is 9.90 Å². The van der Waals surface area contributed by atoms with E-state index < -0.39 is 14.3 Å². The van der Waals surface area contributed by atoms with Gasteiger partial charge < -0.3 is 9.53 Å². The first-order valence-corrected chi connectivity index (χ1v) is 13.4. The minimum absolute atomic E-state index is 0.0513. The number of hydrogen-bond acceptors (Lipinski definition) is 4. The molecule has 0 unspecified atom stereocenters. The molecule has 28 heavy (non-hydrogen) atoms. The van der Waals surface area contributed by atoms with Crippen molar-refractivity contribution in [3.05, 3.63) is 35.9 Å². The smallest absolute Gasteiger partial charge is 0.317 e. The fourth-order valence-corrected chi connectivity index (χ4v) is 5.57. The molecular weight excluding hydrogens is 386 g/mol. The van der Waals surface area contributed by atoms with E-state index in [2.05, 4.69) is 47.7 Å². The number of carbonyl (C=O) groups is 1. The molecule has 1 aliphatic rings. The highest BCUT2D eigenvalue weighted by molar-refractivity contribution is 7.80. The number of hydrogen-bond donors (Lipinski definition) is 1. The van der Waals surface area contributed by atoms with Gasteiger partial charge in [-0.25, -0.2) is 0 Å². The Morgan fingerprint density at radius 2 is 1.86 bits per heavy atom. The Morgan fingerprint density at radius 3 is 2.36 bits per heavy atom. The third kappa shape index (κ3) is 5.09. The lowest BCUT2D eigenvalue weighted by atomic mass is 9.75. The number of nitrogens with zero attached hydrogens (tertiary/aromatic N) is 1. The molecule has 1 aromatic carbocycles. The van der Waals surface area contributed by atoms with Crippen LogP contribution >= 0.6 is 12.2 Å². The number of likely N-dealkylation sites (tertiary alicyclic amines) is 1. The molecule has 6 heteroatoms. The predicted octanol–water partition coefficient (Wildman–Crippen LogP) is 4.84. The molecule has 0 bridgehead atoms. The fraction of sp³-hybridized carbons (Fsp3) is 0.636. The second-order valence-electron chi connectivity index (χ2n) is 9.58. The Labute approximate surface area is 176 Å². The van der Waals surface area contributed by atoms with Gasteiger partial charge in [0, 0.05) is 35.4 Å². The van der Waals surface area contributed by atoms with Crippen LogP contribution in [0.3, 0.4) is 0 Å². The van der Waals surface area contributed by atoms with E-state index in [0.29, 0.717) is 0 Å². The molecule has 1 saturated heterocycles. The first-order chi connectivity index (χ1) is 12.8. The van der Waals surface area contributed by atoms with Gasteiger partial charge in [0.25, 0.3) is 0 Å². The Morgan fingerprint density at radius 1 is 1.29 bits per heavy atom. The van der Waals surface area contributed by atoms with Gasteiger partial charge in [0.05, 0.1) is 6.54 Å². The summed E-state index contributed by atoms with van der Waals surface area (Å²) in [7, 11) is -1.89. The summed E-state index contributed by atoms with van der Waals surface area (Å²) in [5, 5.41) is 9.47. The normalized spacial score (nSPS) is 23.0. The van der Waals surface area contributed by atoms with Gasteiger partial charge in [0.15, 0.2) is 8.32 Å². The SMILES string of the molecule is C[C@H](C(=S)c1ccccc1)[C@@H]1[C@@H]([C@@H](C)O[Si](C)(C)C(C)(C)C)CN1CC(=O)O. The largest absolute Gasteiger partial charge is 0.480 e. The summed E-state index contributed by atoms with van der Waals surface area (Å²) in [6, 6.07) is 10.1. The zero-order valence-electron chi connectivity index (χ0n) is 18.2. The van der Waals surface area contributed by atoms with E-state index in [4.69, 9.17) is 16.6 Å². The Bertz CT molecular complexity index is 701. The lowest BCUT2D eigenvalue weighted by molar-refractivity contribution is -0.145. The van der Waals surface area contributed by atoms with Crippen LogP contribution in [0.15, 0.2) is 30.3 Å². The highest BCUT2D eigenvalue weighted by Crippen LogP contribution is 2.41. The van der Waals surface area contributed by atoms with Gasteiger partial charge in [0.1, 0.15) is 0 Å². The van der Waals surface area contributed by atoms with Crippen molar-refractivity contribution in [1.82, 2.24) is 4.90 Å². The number of carboxylic acid groups (broad SMARTS) is 1.